The van der Waals surface area contributed by atoms with Crippen LogP contribution >= 0.6 is 15.9 Å². The van der Waals surface area contributed by atoms with Crippen LogP contribution in [0.2, 0.25) is 0 Å². The normalized spacial score (nSPS) is 17.6. The number of nitrogens with zero attached hydrogens (tertiary/aromatic N) is 1. The van der Waals surface area contributed by atoms with Crippen molar-refractivity contribution in [2.24, 2.45) is 0 Å². The summed E-state index contributed by atoms with van der Waals surface area (Å²) in [5, 5.41) is 12.1. The lowest BCUT2D eigenvalue weighted by molar-refractivity contribution is -0.139. The van der Waals surface area contributed by atoms with E-state index < -0.39 is 23.5 Å². The maximum atomic E-state index is 13.4. The number of aliphatic hydroxyl groups is 1. The SMILES string of the molecule is O=C1C(=O)N(CCc2c[nH]c3ccccc23)C(c2ccc(Br)cc2)C1=C(O)c1ccc(F)cc1. The summed E-state index contributed by atoms with van der Waals surface area (Å²) >= 11 is 3.41. The number of aromatic nitrogens is 1. The fourth-order valence-electron chi connectivity index (χ4n) is 4.44. The lowest BCUT2D eigenvalue weighted by Gasteiger charge is -2.25. The largest absolute Gasteiger partial charge is 0.507 e. The Morgan fingerprint density at radius 2 is 1.71 bits per heavy atom. The first-order valence-electron chi connectivity index (χ1n) is 10.8. The smallest absolute Gasteiger partial charge is 0.295 e. The van der Waals surface area contributed by atoms with Gasteiger partial charge in [0.05, 0.1) is 11.6 Å². The minimum atomic E-state index is -0.761. The quantitative estimate of drug-likeness (QED) is 0.201. The molecule has 1 aliphatic rings. The Morgan fingerprint density at radius 3 is 2.44 bits per heavy atom. The van der Waals surface area contributed by atoms with Gasteiger partial charge in [-0.05, 0) is 60.0 Å². The molecule has 0 aliphatic carbocycles. The number of benzene rings is 3. The number of Topliss-reactive ketones (excluding diaryl/α,β-unsaturated/α-hetero) is 1. The standard InChI is InChI=1S/C27H20BrFN2O3/c28-19-9-5-16(6-10-19)24-23(25(32)17-7-11-20(29)12-8-17)26(33)27(34)31(24)14-13-18-15-30-22-4-2-1-3-21(18)22/h1-12,15,24,30,32H,13-14H2. The Bertz CT molecular complexity index is 1420. The number of amides is 1. The van der Waals surface area contributed by atoms with Gasteiger partial charge in [0, 0.05) is 33.7 Å². The molecule has 7 heteroatoms. The number of carbonyl (C=O) groups excluding carboxylic acids is 2. The van der Waals surface area contributed by atoms with E-state index in [-0.39, 0.29) is 23.4 Å². The summed E-state index contributed by atoms with van der Waals surface area (Å²) in [6, 6.07) is 19.6. The fraction of sp³-hybridized carbons (Fsp3) is 0.111. The minimum absolute atomic E-state index is 0.00198. The maximum absolute atomic E-state index is 13.4. The average Bonchev–Trinajstić information content (AvgIpc) is 3.37. The second kappa shape index (κ2) is 8.91. The van der Waals surface area contributed by atoms with Gasteiger partial charge in [0.2, 0.25) is 0 Å². The molecule has 1 aromatic heterocycles. The Labute approximate surface area is 203 Å². The van der Waals surface area contributed by atoms with E-state index in [9.17, 15) is 19.1 Å². The summed E-state index contributed by atoms with van der Waals surface area (Å²) < 4.78 is 14.3. The zero-order valence-electron chi connectivity index (χ0n) is 18.0. The van der Waals surface area contributed by atoms with Crippen LogP contribution in [0.5, 0.6) is 0 Å². The Hall–Kier alpha value is -3.71. The van der Waals surface area contributed by atoms with Crippen molar-refractivity contribution in [2.45, 2.75) is 12.5 Å². The number of H-pyrrole nitrogens is 1. The zero-order valence-corrected chi connectivity index (χ0v) is 19.5. The fourth-order valence-corrected chi connectivity index (χ4v) is 4.71. The molecule has 0 radical (unpaired) electrons. The van der Waals surface area contributed by atoms with Crippen LogP contribution in [-0.2, 0) is 16.0 Å². The van der Waals surface area contributed by atoms with Gasteiger partial charge in [-0.1, -0.05) is 46.3 Å². The van der Waals surface area contributed by atoms with Crippen LogP contribution in [-0.4, -0.2) is 33.2 Å². The number of aliphatic hydroxyl groups excluding tert-OH is 1. The average molecular weight is 519 g/mol. The molecule has 2 heterocycles. The summed E-state index contributed by atoms with van der Waals surface area (Å²) in [5.41, 5.74) is 3.01. The van der Waals surface area contributed by atoms with Crippen molar-refractivity contribution in [1.29, 1.82) is 0 Å². The number of halogens is 2. The monoisotopic (exact) mass is 518 g/mol. The number of hydrogen-bond donors (Lipinski definition) is 2. The third kappa shape index (κ3) is 3.92. The predicted octanol–water partition coefficient (Wildman–Crippen LogP) is 5.73. The van der Waals surface area contributed by atoms with Gasteiger partial charge < -0.3 is 15.0 Å². The van der Waals surface area contributed by atoms with Crippen molar-refractivity contribution in [3.8, 4) is 0 Å². The molecule has 0 spiro atoms. The molecule has 1 atom stereocenters. The lowest BCUT2D eigenvalue weighted by atomic mass is 9.95. The summed E-state index contributed by atoms with van der Waals surface area (Å²) in [4.78, 5) is 31.0. The zero-order chi connectivity index (χ0) is 23.8. The molecule has 2 N–H and O–H groups in total. The van der Waals surface area contributed by atoms with E-state index in [1.165, 1.54) is 29.2 Å². The van der Waals surface area contributed by atoms with Crippen LogP contribution in [0.25, 0.3) is 16.7 Å². The molecule has 1 unspecified atom stereocenters. The van der Waals surface area contributed by atoms with Gasteiger partial charge >= 0.3 is 0 Å². The van der Waals surface area contributed by atoms with Crippen molar-refractivity contribution in [3.05, 3.63) is 112 Å². The van der Waals surface area contributed by atoms with Crippen molar-refractivity contribution in [2.75, 3.05) is 6.54 Å². The molecule has 1 aliphatic heterocycles. The minimum Gasteiger partial charge on any atom is -0.507 e. The Balaban J connectivity index is 1.56. The van der Waals surface area contributed by atoms with Crippen LogP contribution in [0.1, 0.15) is 22.7 Å². The molecule has 1 fully saturated rings. The second-order valence-electron chi connectivity index (χ2n) is 8.16. The summed E-state index contributed by atoms with van der Waals surface area (Å²) in [7, 11) is 0. The Kier molecular flexibility index (Phi) is 5.79. The maximum Gasteiger partial charge on any atom is 0.295 e. The van der Waals surface area contributed by atoms with Crippen LogP contribution in [0, 0.1) is 5.82 Å². The van der Waals surface area contributed by atoms with Crippen molar-refractivity contribution >= 4 is 44.3 Å². The van der Waals surface area contributed by atoms with E-state index >= 15 is 0 Å². The molecule has 3 aromatic carbocycles. The highest BCUT2D eigenvalue weighted by Crippen LogP contribution is 2.40. The number of likely N-dealkylation sites (tertiary alicyclic amines) is 1. The molecular formula is C27H20BrFN2O3. The van der Waals surface area contributed by atoms with Gasteiger partial charge in [-0.3, -0.25) is 9.59 Å². The van der Waals surface area contributed by atoms with Crippen molar-refractivity contribution in [3.63, 3.8) is 0 Å². The van der Waals surface area contributed by atoms with Crippen LogP contribution in [0.3, 0.4) is 0 Å². The van der Waals surface area contributed by atoms with Gasteiger partial charge in [-0.2, -0.15) is 0 Å². The van der Waals surface area contributed by atoms with Gasteiger partial charge in [0.15, 0.2) is 0 Å². The number of ketones is 1. The molecule has 170 valence electrons. The van der Waals surface area contributed by atoms with Gasteiger partial charge in [0.25, 0.3) is 11.7 Å². The number of nitrogens with one attached hydrogen (secondary N) is 1. The van der Waals surface area contributed by atoms with E-state index in [0.717, 1.165) is 20.9 Å². The molecule has 0 bridgehead atoms. The van der Waals surface area contributed by atoms with Crippen LogP contribution in [0.4, 0.5) is 4.39 Å². The third-order valence-electron chi connectivity index (χ3n) is 6.14. The van der Waals surface area contributed by atoms with E-state index in [1.54, 1.807) is 0 Å². The highest BCUT2D eigenvalue weighted by molar-refractivity contribution is 9.10. The summed E-state index contributed by atoms with van der Waals surface area (Å²) in [6.07, 6.45) is 2.44. The van der Waals surface area contributed by atoms with Crippen LogP contribution < -0.4 is 0 Å². The van der Waals surface area contributed by atoms with Crippen LogP contribution in [0.15, 0.2) is 89.0 Å². The number of hydrogen-bond acceptors (Lipinski definition) is 3. The van der Waals surface area contributed by atoms with E-state index in [1.807, 2.05) is 54.7 Å². The topological polar surface area (TPSA) is 73.4 Å². The molecule has 4 aromatic rings. The number of rotatable bonds is 5. The molecule has 5 rings (SSSR count). The summed E-state index contributed by atoms with van der Waals surface area (Å²) in [6.45, 7) is 0.285. The van der Waals surface area contributed by atoms with Gasteiger partial charge in [0.1, 0.15) is 11.6 Å². The predicted molar refractivity (Wildman–Crippen MR) is 132 cm³/mol. The molecular weight excluding hydrogens is 499 g/mol. The van der Waals surface area contributed by atoms with Gasteiger partial charge in [-0.15, -0.1) is 0 Å². The third-order valence-corrected chi connectivity index (χ3v) is 6.67. The first kappa shape index (κ1) is 22.1. The highest BCUT2D eigenvalue weighted by Gasteiger charge is 2.45. The first-order valence-corrected chi connectivity index (χ1v) is 11.6. The van der Waals surface area contributed by atoms with Crippen molar-refractivity contribution < 1.29 is 19.1 Å². The molecule has 34 heavy (non-hydrogen) atoms. The van der Waals surface area contributed by atoms with Crippen molar-refractivity contribution in [1.82, 2.24) is 9.88 Å². The Morgan fingerprint density at radius 1 is 1.00 bits per heavy atom. The number of aromatic amines is 1. The second-order valence-corrected chi connectivity index (χ2v) is 9.08. The lowest BCUT2D eigenvalue weighted by Crippen LogP contribution is -2.31. The first-order chi connectivity index (χ1) is 16.4. The number of para-hydroxylation sites is 1. The van der Waals surface area contributed by atoms with E-state index in [0.29, 0.717) is 12.0 Å². The molecule has 1 saturated heterocycles. The molecule has 0 saturated carbocycles. The summed E-state index contributed by atoms with van der Waals surface area (Å²) in [5.74, 6) is -2.20. The van der Waals surface area contributed by atoms with E-state index in [2.05, 4.69) is 20.9 Å². The molecule has 1 amide bonds. The molecule has 5 nitrogen and oxygen atoms in total. The number of carbonyl (C=O) groups is 2. The van der Waals surface area contributed by atoms with E-state index in [4.69, 9.17) is 0 Å². The van der Waals surface area contributed by atoms with Gasteiger partial charge in [-0.25, -0.2) is 4.39 Å². The number of fused-ring (bicyclic) bond motifs is 1. The highest BCUT2D eigenvalue weighted by atomic mass is 79.9.